The summed E-state index contributed by atoms with van der Waals surface area (Å²) in [6, 6.07) is 2.47. The second-order valence-corrected chi connectivity index (χ2v) is 3.90. The Balaban J connectivity index is 2.31. The Morgan fingerprint density at radius 2 is 2.17 bits per heavy atom. The maximum Gasteiger partial charge on any atom is 0.201 e. The lowest BCUT2D eigenvalue weighted by Gasteiger charge is -2.07. The molecule has 0 atom stereocenters. The van der Waals surface area contributed by atoms with Crippen LogP contribution in [0.2, 0.25) is 0 Å². The van der Waals surface area contributed by atoms with E-state index in [1.54, 1.807) is 0 Å². The minimum Gasteiger partial charge on any atom is -0.382 e. The Morgan fingerprint density at radius 1 is 1.39 bits per heavy atom. The minimum absolute atomic E-state index is 0.115. The number of benzene rings is 1. The number of imidazole rings is 1. The first-order valence-corrected chi connectivity index (χ1v) is 5.82. The van der Waals surface area contributed by atoms with Crippen molar-refractivity contribution in [3.05, 3.63) is 23.8 Å². The third kappa shape index (κ3) is 2.28. The van der Waals surface area contributed by atoms with Crippen LogP contribution in [-0.2, 0) is 11.3 Å². The summed E-state index contributed by atoms with van der Waals surface area (Å²) in [5.41, 5.74) is 6.19. The van der Waals surface area contributed by atoms with E-state index in [4.69, 9.17) is 10.5 Å². The lowest BCUT2D eigenvalue weighted by molar-refractivity contribution is 0.142. The van der Waals surface area contributed by atoms with Crippen LogP contribution in [0.1, 0.15) is 13.3 Å². The second kappa shape index (κ2) is 5.30. The number of fused-ring (bicyclic) bond motifs is 1. The van der Waals surface area contributed by atoms with Gasteiger partial charge in [0.05, 0.1) is 5.52 Å². The molecule has 6 heteroatoms. The molecule has 0 fully saturated rings. The van der Waals surface area contributed by atoms with Crippen LogP contribution in [0.5, 0.6) is 0 Å². The number of nitrogen functional groups attached to an aromatic ring is 1. The number of anilines is 1. The van der Waals surface area contributed by atoms with Gasteiger partial charge in [-0.25, -0.2) is 13.8 Å². The number of nitrogens with two attached hydrogens (primary N) is 1. The van der Waals surface area contributed by atoms with Crippen LogP contribution >= 0.6 is 0 Å². The minimum atomic E-state index is -0.909. The normalized spacial score (nSPS) is 11.3. The van der Waals surface area contributed by atoms with Gasteiger partial charge in [0.15, 0.2) is 11.6 Å². The molecule has 0 aliphatic heterocycles. The number of ether oxygens (including phenoxy) is 1. The zero-order valence-corrected chi connectivity index (χ0v) is 10.1. The summed E-state index contributed by atoms with van der Waals surface area (Å²) >= 11 is 0. The van der Waals surface area contributed by atoms with Gasteiger partial charge in [-0.15, -0.1) is 0 Å². The highest BCUT2D eigenvalue weighted by atomic mass is 19.2. The van der Waals surface area contributed by atoms with Gasteiger partial charge in [0.1, 0.15) is 5.52 Å². The van der Waals surface area contributed by atoms with Gasteiger partial charge in [0, 0.05) is 19.8 Å². The first-order valence-electron chi connectivity index (χ1n) is 5.82. The van der Waals surface area contributed by atoms with Crippen molar-refractivity contribution < 1.29 is 13.5 Å². The lowest BCUT2D eigenvalue weighted by atomic mass is 10.3. The number of nitrogens with zero attached hydrogens (tertiary/aromatic N) is 2. The van der Waals surface area contributed by atoms with Gasteiger partial charge in [0.25, 0.3) is 0 Å². The van der Waals surface area contributed by atoms with Crippen molar-refractivity contribution in [3.63, 3.8) is 0 Å². The molecule has 1 aromatic heterocycles. The van der Waals surface area contributed by atoms with Crippen molar-refractivity contribution in [1.29, 1.82) is 0 Å². The number of hydrogen-bond donors (Lipinski definition) is 1. The summed E-state index contributed by atoms with van der Waals surface area (Å²) in [7, 11) is 0. The van der Waals surface area contributed by atoms with Crippen molar-refractivity contribution in [3.8, 4) is 0 Å². The average molecular weight is 255 g/mol. The second-order valence-electron chi connectivity index (χ2n) is 3.90. The van der Waals surface area contributed by atoms with E-state index >= 15 is 0 Å². The molecule has 0 amide bonds. The zero-order valence-electron chi connectivity index (χ0n) is 10.1. The molecular weight excluding hydrogens is 240 g/mol. The van der Waals surface area contributed by atoms with Crippen molar-refractivity contribution in [1.82, 2.24) is 9.55 Å². The Labute approximate surface area is 103 Å². The fourth-order valence-electron chi connectivity index (χ4n) is 1.87. The van der Waals surface area contributed by atoms with E-state index < -0.39 is 11.6 Å². The summed E-state index contributed by atoms with van der Waals surface area (Å²) < 4.78 is 33.6. The Bertz CT molecular complexity index is 554. The Hall–Kier alpha value is -1.69. The molecule has 1 aromatic carbocycles. The summed E-state index contributed by atoms with van der Waals surface area (Å²) in [6.07, 6.45) is 0.666. The molecule has 4 nitrogen and oxygen atoms in total. The smallest absolute Gasteiger partial charge is 0.201 e. The lowest BCUT2D eigenvalue weighted by Crippen LogP contribution is -2.07. The Morgan fingerprint density at radius 3 is 2.89 bits per heavy atom. The van der Waals surface area contributed by atoms with Crippen molar-refractivity contribution >= 4 is 17.0 Å². The number of rotatable bonds is 5. The van der Waals surface area contributed by atoms with Crippen LogP contribution < -0.4 is 5.73 Å². The molecule has 2 aromatic rings. The quantitative estimate of drug-likeness (QED) is 0.834. The first-order chi connectivity index (χ1) is 8.65. The van der Waals surface area contributed by atoms with E-state index in [9.17, 15) is 8.78 Å². The molecule has 0 saturated carbocycles. The van der Waals surface area contributed by atoms with Gasteiger partial charge in [0.2, 0.25) is 5.95 Å². The molecule has 2 rings (SSSR count). The van der Waals surface area contributed by atoms with Gasteiger partial charge < -0.3 is 15.0 Å². The average Bonchev–Trinajstić information content (AvgIpc) is 2.67. The molecule has 98 valence electrons. The predicted molar refractivity (Wildman–Crippen MR) is 65.2 cm³/mol. The highest BCUT2D eigenvalue weighted by Gasteiger charge is 2.15. The fraction of sp³-hybridized carbons (Fsp3) is 0.417. The molecule has 0 spiro atoms. The molecule has 0 aliphatic rings. The maximum atomic E-state index is 13.7. The molecule has 0 radical (unpaired) electrons. The monoisotopic (exact) mass is 255 g/mol. The maximum absolute atomic E-state index is 13.7. The van der Waals surface area contributed by atoms with Gasteiger partial charge in [-0.1, -0.05) is 0 Å². The van der Waals surface area contributed by atoms with Crippen LogP contribution in [0.3, 0.4) is 0 Å². The molecule has 0 saturated heterocycles. The molecule has 0 unspecified atom stereocenters. The van der Waals surface area contributed by atoms with Crippen molar-refractivity contribution in [2.45, 2.75) is 19.9 Å². The van der Waals surface area contributed by atoms with Crippen LogP contribution in [0.15, 0.2) is 12.1 Å². The standard InChI is InChI=1S/C12H15F2N3O/c1-2-18-7-3-6-17-11-9(16-12(17)15)5-4-8(13)10(11)14/h4-5H,2-3,6-7H2,1H3,(H2,15,16). The third-order valence-electron chi connectivity index (χ3n) is 2.70. The summed E-state index contributed by atoms with van der Waals surface area (Å²) in [5, 5.41) is 0. The van der Waals surface area contributed by atoms with E-state index in [-0.39, 0.29) is 11.5 Å². The molecular formula is C12H15F2N3O. The van der Waals surface area contributed by atoms with Crippen molar-refractivity contribution in [2.75, 3.05) is 18.9 Å². The van der Waals surface area contributed by atoms with E-state index in [0.29, 0.717) is 31.7 Å². The predicted octanol–water partition coefficient (Wildman–Crippen LogP) is 2.32. The van der Waals surface area contributed by atoms with E-state index in [1.807, 2.05) is 6.92 Å². The first kappa shape index (κ1) is 12.8. The highest BCUT2D eigenvalue weighted by Crippen LogP contribution is 2.23. The summed E-state index contributed by atoms with van der Waals surface area (Å²) in [4.78, 5) is 4.01. The third-order valence-corrected chi connectivity index (χ3v) is 2.70. The molecule has 0 bridgehead atoms. The van der Waals surface area contributed by atoms with Crippen LogP contribution in [0, 0.1) is 11.6 Å². The van der Waals surface area contributed by atoms with Gasteiger partial charge in [-0.2, -0.15) is 0 Å². The Kier molecular flexibility index (Phi) is 3.76. The van der Waals surface area contributed by atoms with Crippen LogP contribution in [-0.4, -0.2) is 22.8 Å². The SMILES string of the molecule is CCOCCCn1c(N)nc2ccc(F)c(F)c21. The summed E-state index contributed by atoms with van der Waals surface area (Å²) in [6.45, 7) is 3.52. The largest absolute Gasteiger partial charge is 0.382 e. The van der Waals surface area contributed by atoms with Crippen molar-refractivity contribution in [2.24, 2.45) is 0 Å². The molecule has 18 heavy (non-hydrogen) atoms. The van der Waals surface area contributed by atoms with Gasteiger partial charge >= 0.3 is 0 Å². The molecule has 1 heterocycles. The molecule has 2 N–H and O–H groups in total. The topological polar surface area (TPSA) is 53.1 Å². The molecule has 0 aliphatic carbocycles. The summed E-state index contributed by atoms with van der Waals surface area (Å²) in [5.74, 6) is -1.62. The number of aryl methyl sites for hydroxylation is 1. The number of aromatic nitrogens is 2. The highest BCUT2D eigenvalue weighted by molar-refractivity contribution is 5.79. The van der Waals surface area contributed by atoms with E-state index in [2.05, 4.69) is 4.98 Å². The number of hydrogen-bond acceptors (Lipinski definition) is 3. The van der Waals surface area contributed by atoms with E-state index in [1.165, 1.54) is 10.6 Å². The van der Waals surface area contributed by atoms with Crippen LogP contribution in [0.25, 0.3) is 11.0 Å². The zero-order chi connectivity index (χ0) is 13.1. The van der Waals surface area contributed by atoms with Gasteiger partial charge in [-0.05, 0) is 25.5 Å². The number of halogens is 2. The van der Waals surface area contributed by atoms with E-state index in [0.717, 1.165) is 6.07 Å². The van der Waals surface area contributed by atoms with Gasteiger partial charge in [-0.3, -0.25) is 0 Å². The fourth-order valence-corrected chi connectivity index (χ4v) is 1.87. The van der Waals surface area contributed by atoms with Crippen LogP contribution in [0.4, 0.5) is 14.7 Å².